The van der Waals surface area contributed by atoms with Gasteiger partial charge in [0.25, 0.3) is 5.91 Å². The number of amides is 1. The molecule has 0 fully saturated rings. The number of benzene rings is 3. The van der Waals surface area contributed by atoms with Crippen LogP contribution in [0.3, 0.4) is 0 Å². The first-order valence-corrected chi connectivity index (χ1v) is 12.9. The van der Waals surface area contributed by atoms with Crippen LogP contribution in [0.5, 0.6) is 17.2 Å². The maximum Gasteiger partial charge on any atom is 0.254 e. The third-order valence-corrected chi connectivity index (χ3v) is 7.44. The molecule has 0 bridgehead atoms. The van der Waals surface area contributed by atoms with E-state index in [1.807, 2.05) is 67.6 Å². The number of allylic oxidation sites excluding steroid dienone is 3. The van der Waals surface area contributed by atoms with Gasteiger partial charge in [-0.05, 0) is 54.7 Å². The average molecular weight is 525 g/mol. The van der Waals surface area contributed by atoms with E-state index in [4.69, 9.17) is 14.2 Å². The van der Waals surface area contributed by atoms with Gasteiger partial charge in [-0.15, -0.1) is 0 Å². The summed E-state index contributed by atoms with van der Waals surface area (Å²) in [5.41, 5.74) is 5.21. The van der Waals surface area contributed by atoms with Gasteiger partial charge in [0.05, 0.1) is 27.0 Å². The first kappa shape index (κ1) is 26.1. The molecule has 1 amide bonds. The van der Waals surface area contributed by atoms with Gasteiger partial charge in [0, 0.05) is 34.9 Å². The number of ether oxygens (including phenoxy) is 3. The van der Waals surface area contributed by atoms with Gasteiger partial charge in [-0.1, -0.05) is 48.5 Å². The van der Waals surface area contributed by atoms with E-state index < -0.39 is 5.92 Å². The molecule has 2 atom stereocenters. The Hall–Kier alpha value is -4.52. The van der Waals surface area contributed by atoms with Crippen molar-refractivity contribution in [3.8, 4) is 17.2 Å². The van der Waals surface area contributed by atoms with Gasteiger partial charge in [0.1, 0.15) is 5.75 Å². The summed E-state index contributed by atoms with van der Waals surface area (Å²) in [7, 11) is 4.77. The van der Waals surface area contributed by atoms with Gasteiger partial charge in [-0.2, -0.15) is 0 Å². The molecule has 0 radical (unpaired) electrons. The van der Waals surface area contributed by atoms with Crippen LogP contribution >= 0.6 is 0 Å². The molecule has 3 aromatic rings. The lowest BCUT2D eigenvalue weighted by Gasteiger charge is -2.37. The first-order chi connectivity index (χ1) is 18.9. The Kier molecular flexibility index (Phi) is 7.41. The average Bonchev–Trinajstić information content (AvgIpc) is 2.96. The predicted octanol–water partition coefficient (Wildman–Crippen LogP) is 5.71. The Labute approximate surface area is 228 Å². The fraction of sp³-hybridized carbons (Fsp3) is 0.250. The van der Waals surface area contributed by atoms with Crippen LogP contribution in [0.15, 0.2) is 95.3 Å². The monoisotopic (exact) mass is 524 g/mol. The van der Waals surface area contributed by atoms with Crippen molar-refractivity contribution in [1.82, 2.24) is 5.32 Å². The number of nitrogens with one attached hydrogen (secondary N) is 2. The van der Waals surface area contributed by atoms with Gasteiger partial charge < -0.3 is 24.8 Å². The van der Waals surface area contributed by atoms with Gasteiger partial charge >= 0.3 is 0 Å². The summed E-state index contributed by atoms with van der Waals surface area (Å²) < 4.78 is 16.3. The van der Waals surface area contributed by atoms with Crippen molar-refractivity contribution in [2.24, 2.45) is 0 Å². The highest BCUT2D eigenvalue weighted by Crippen LogP contribution is 2.46. The molecule has 0 saturated carbocycles. The Bertz CT molecular complexity index is 1470. The van der Waals surface area contributed by atoms with E-state index in [2.05, 4.69) is 10.6 Å². The molecule has 5 rings (SSSR count). The summed E-state index contributed by atoms with van der Waals surface area (Å²) in [6, 6.07) is 22.8. The van der Waals surface area contributed by atoms with E-state index in [9.17, 15) is 9.59 Å². The molecule has 1 aliphatic carbocycles. The number of hydrogen-bond acceptors (Lipinski definition) is 6. The van der Waals surface area contributed by atoms with Crippen molar-refractivity contribution in [1.29, 1.82) is 0 Å². The Balaban J connectivity index is 1.53. The Morgan fingerprint density at radius 2 is 1.51 bits per heavy atom. The zero-order valence-electron chi connectivity index (χ0n) is 22.5. The van der Waals surface area contributed by atoms with E-state index in [0.717, 1.165) is 22.5 Å². The lowest BCUT2D eigenvalue weighted by molar-refractivity contribution is -0.116. The number of hydrogen-bond donors (Lipinski definition) is 2. The highest BCUT2D eigenvalue weighted by molar-refractivity contribution is 6.10. The summed E-state index contributed by atoms with van der Waals surface area (Å²) in [6.07, 6.45) is 0.971. The number of rotatable bonds is 7. The van der Waals surface area contributed by atoms with Crippen LogP contribution in [0.25, 0.3) is 0 Å². The number of anilines is 1. The van der Waals surface area contributed by atoms with Crippen molar-refractivity contribution in [3.05, 3.63) is 106 Å². The fourth-order valence-corrected chi connectivity index (χ4v) is 5.60. The number of ketones is 1. The maximum atomic E-state index is 13.9. The molecule has 3 aromatic carbocycles. The van der Waals surface area contributed by atoms with Crippen molar-refractivity contribution < 1.29 is 23.8 Å². The number of carbonyl (C=O) groups excluding carboxylic acids is 2. The van der Waals surface area contributed by atoms with Crippen LogP contribution in [0.2, 0.25) is 0 Å². The molecule has 0 spiro atoms. The van der Waals surface area contributed by atoms with Crippen LogP contribution < -0.4 is 24.8 Å². The molecule has 200 valence electrons. The van der Waals surface area contributed by atoms with Crippen LogP contribution in [0.1, 0.15) is 42.7 Å². The van der Waals surface area contributed by atoms with Gasteiger partial charge in [0.15, 0.2) is 17.3 Å². The smallest absolute Gasteiger partial charge is 0.254 e. The second kappa shape index (κ2) is 11.1. The lowest BCUT2D eigenvalue weighted by Crippen LogP contribution is -2.37. The van der Waals surface area contributed by atoms with Crippen molar-refractivity contribution in [3.63, 3.8) is 0 Å². The van der Waals surface area contributed by atoms with Gasteiger partial charge in [0.2, 0.25) is 0 Å². The minimum absolute atomic E-state index is 0.0208. The highest BCUT2D eigenvalue weighted by atomic mass is 16.5. The summed E-state index contributed by atoms with van der Waals surface area (Å²) in [5, 5.41) is 6.44. The highest BCUT2D eigenvalue weighted by Gasteiger charge is 2.41. The molecule has 0 unspecified atom stereocenters. The van der Waals surface area contributed by atoms with E-state index in [0.29, 0.717) is 46.9 Å². The van der Waals surface area contributed by atoms with Crippen LogP contribution in [0.4, 0.5) is 5.69 Å². The summed E-state index contributed by atoms with van der Waals surface area (Å²) >= 11 is 0. The molecular weight excluding hydrogens is 492 g/mol. The number of para-hydroxylation sites is 2. The van der Waals surface area contributed by atoms with Crippen molar-refractivity contribution >= 4 is 17.4 Å². The number of dihydropyridines is 1. The zero-order valence-corrected chi connectivity index (χ0v) is 22.5. The fourth-order valence-electron chi connectivity index (χ4n) is 5.60. The molecule has 7 nitrogen and oxygen atoms in total. The number of carbonyl (C=O) groups is 2. The standard InChI is InChI=1S/C32H32N2O5/c1-19-29(32(36)34-23-12-8-9-13-26(23)37-2)30(20-10-6-5-7-11-20)31-24(33-19)16-22(17-25(31)35)21-14-15-27(38-3)28(18-21)39-4/h5-15,18,22,30,33H,16-17H2,1-4H3,(H,34,36)/t22-,30-/m0/s1. The Morgan fingerprint density at radius 3 is 2.23 bits per heavy atom. The van der Waals surface area contributed by atoms with E-state index >= 15 is 0 Å². The largest absolute Gasteiger partial charge is 0.495 e. The molecule has 7 heteroatoms. The van der Waals surface area contributed by atoms with Gasteiger partial charge in [-0.25, -0.2) is 0 Å². The predicted molar refractivity (Wildman–Crippen MR) is 150 cm³/mol. The minimum atomic E-state index is -0.490. The topological polar surface area (TPSA) is 85.9 Å². The van der Waals surface area contributed by atoms with Crippen LogP contribution in [-0.4, -0.2) is 33.0 Å². The molecular formula is C32H32N2O5. The molecule has 1 heterocycles. The van der Waals surface area contributed by atoms with Crippen molar-refractivity contribution in [2.45, 2.75) is 31.6 Å². The molecule has 2 N–H and O–H groups in total. The quantitative estimate of drug-likeness (QED) is 0.412. The van der Waals surface area contributed by atoms with E-state index in [-0.39, 0.29) is 17.6 Å². The summed E-state index contributed by atoms with van der Waals surface area (Å²) in [5.74, 6) is 1.07. The van der Waals surface area contributed by atoms with Crippen LogP contribution in [-0.2, 0) is 9.59 Å². The SMILES string of the molecule is COc1ccccc1NC(=O)C1=C(C)NC2=C(C(=O)C[C@@H](c3ccc(OC)c(OC)c3)C2)[C@H]1c1ccccc1. The molecule has 0 aromatic heterocycles. The third kappa shape index (κ3) is 5.00. The second-order valence-electron chi connectivity index (χ2n) is 9.70. The maximum absolute atomic E-state index is 13.9. The van der Waals surface area contributed by atoms with Crippen molar-refractivity contribution in [2.75, 3.05) is 26.6 Å². The summed E-state index contributed by atoms with van der Waals surface area (Å²) in [4.78, 5) is 27.7. The minimum Gasteiger partial charge on any atom is -0.495 e. The molecule has 0 saturated heterocycles. The third-order valence-electron chi connectivity index (χ3n) is 7.44. The molecule has 1 aliphatic heterocycles. The number of methoxy groups -OCH3 is 3. The molecule has 39 heavy (non-hydrogen) atoms. The van der Waals surface area contributed by atoms with E-state index in [1.165, 1.54) is 0 Å². The Morgan fingerprint density at radius 1 is 0.821 bits per heavy atom. The van der Waals surface area contributed by atoms with Crippen LogP contribution in [0, 0.1) is 0 Å². The second-order valence-corrected chi connectivity index (χ2v) is 9.70. The normalized spacial score (nSPS) is 18.7. The number of Topliss-reactive ketones (excluding diaryl/α,β-unsaturated/α-hetero) is 1. The zero-order chi connectivity index (χ0) is 27.5. The first-order valence-electron chi connectivity index (χ1n) is 12.9. The van der Waals surface area contributed by atoms with Gasteiger partial charge in [-0.3, -0.25) is 9.59 Å². The van der Waals surface area contributed by atoms with E-state index in [1.54, 1.807) is 33.5 Å². The molecule has 2 aliphatic rings. The lowest BCUT2D eigenvalue weighted by atomic mass is 9.71. The summed E-state index contributed by atoms with van der Waals surface area (Å²) in [6.45, 7) is 1.89.